The molecule has 0 atom stereocenters. The molecule has 0 saturated carbocycles. The van der Waals surface area contributed by atoms with Crippen molar-refractivity contribution in [1.29, 1.82) is 0 Å². The Bertz CT molecular complexity index is 3220. The molecule has 5 heteroatoms. The number of thiophene rings is 1. The number of aromatic nitrogens is 4. The molecule has 0 radical (unpaired) electrons. The summed E-state index contributed by atoms with van der Waals surface area (Å²) in [7, 11) is 0. The van der Waals surface area contributed by atoms with Crippen LogP contribution >= 0.6 is 11.3 Å². The fraction of sp³-hybridized carbons (Fsp3) is 0. The minimum atomic E-state index is 0.637. The summed E-state index contributed by atoms with van der Waals surface area (Å²) in [5.41, 5.74) is 8.52. The van der Waals surface area contributed by atoms with Gasteiger partial charge in [-0.25, -0.2) is 15.0 Å². The van der Waals surface area contributed by atoms with Crippen LogP contribution in [0.5, 0.6) is 0 Å². The number of rotatable bonds is 5. The van der Waals surface area contributed by atoms with Gasteiger partial charge in [0, 0.05) is 53.3 Å². The molecule has 0 aliphatic heterocycles. The Morgan fingerprint density at radius 1 is 0.370 bits per heavy atom. The van der Waals surface area contributed by atoms with Gasteiger partial charge in [0.1, 0.15) is 0 Å². The van der Waals surface area contributed by atoms with Gasteiger partial charge in [0.05, 0.1) is 11.0 Å². The summed E-state index contributed by atoms with van der Waals surface area (Å²) < 4.78 is 4.82. The van der Waals surface area contributed by atoms with Crippen molar-refractivity contribution in [3.8, 4) is 51.0 Å². The third-order valence-electron chi connectivity index (χ3n) is 10.4. The third-order valence-corrected chi connectivity index (χ3v) is 11.5. The van der Waals surface area contributed by atoms with E-state index in [4.69, 9.17) is 15.0 Å². The summed E-state index contributed by atoms with van der Waals surface area (Å²) in [6.45, 7) is 0. The topological polar surface area (TPSA) is 43.6 Å². The van der Waals surface area contributed by atoms with E-state index in [2.05, 4.69) is 162 Å². The first-order valence-electron chi connectivity index (χ1n) is 18.1. The highest BCUT2D eigenvalue weighted by Crippen LogP contribution is 2.43. The second-order valence-electron chi connectivity index (χ2n) is 13.7. The van der Waals surface area contributed by atoms with E-state index in [0.717, 1.165) is 44.4 Å². The van der Waals surface area contributed by atoms with Crippen molar-refractivity contribution >= 4 is 64.1 Å². The lowest BCUT2D eigenvalue weighted by atomic mass is 10.0. The summed E-state index contributed by atoms with van der Waals surface area (Å²) >= 11 is 1.81. The van der Waals surface area contributed by atoms with Crippen molar-refractivity contribution in [1.82, 2.24) is 19.5 Å². The van der Waals surface area contributed by atoms with Gasteiger partial charge in [-0.3, -0.25) is 0 Å². The molecule has 0 aliphatic carbocycles. The van der Waals surface area contributed by atoms with Crippen molar-refractivity contribution in [2.45, 2.75) is 0 Å². The summed E-state index contributed by atoms with van der Waals surface area (Å²) in [5, 5.41) is 7.25. The van der Waals surface area contributed by atoms with Gasteiger partial charge in [0.15, 0.2) is 17.5 Å². The van der Waals surface area contributed by atoms with Crippen LogP contribution in [0.1, 0.15) is 0 Å². The molecular formula is C49H30N4S. The molecule has 3 heterocycles. The lowest BCUT2D eigenvalue weighted by Gasteiger charge is -2.14. The molecule has 0 N–H and O–H groups in total. The summed E-state index contributed by atoms with van der Waals surface area (Å²) in [4.78, 5) is 15.7. The van der Waals surface area contributed by atoms with E-state index in [1.807, 2.05) is 35.6 Å². The third kappa shape index (κ3) is 5.01. The molecule has 0 bridgehead atoms. The molecular weight excluding hydrogens is 677 g/mol. The van der Waals surface area contributed by atoms with Crippen LogP contribution in [-0.2, 0) is 0 Å². The number of fused-ring (bicyclic) bond motifs is 7. The van der Waals surface area contributed by atoms with Crippen LogP contribution in [0.3, 0.4) is 0 Å². The van der Waals surface area contributed by atoms with Crippen molar-refractivity contribution < 1.29 is 0 Å². The van der Waals surface area contributed by atoms with Gasteiger partial charge >= 0.3 is 0 Å². The predicted octanol–water partition coefficient (Wildman–Crippen LogP) is 13.2. The van der Waals surface area contributed by atoms with Crippen LogP contribution in [-0.4, -0.2) is 19.5 Å². The zero-order chi connectivity index (χ0) is 35.6. The molecule has 3 aromatic heterocycles. The molecule has 252 valence electrons. The van der Waals surface area contributed by atoms with Crippen LogP contribution in [0.25, 0.3) is 104 Å². The van der Waals surface area contributed by atoms with Gasteiger partial charge in [0.2, 0.25) is 0 Å². The molecule has 0 fully saturated rings. The SMILES string of the molecule is c1ccc(-c2cccc(-c3nc(-c4ccccc4)nc(-c4cc(-n5c6ccccc6c6cc7ccccc7cc65)cc5sc6ccccc6c45)n3)c2)cc1. The Morgan fingerprint density at radius 3 is 1.80 bits per heavy atom. The maximum absolute atomic E-state index is 5.33. The molecule has 11 rings (SSSR count). The van der Waals surface area contributed by atoms with E-state index >= 15 is 0 Å². The second kappa shape index (κ2) is 12.3. The van der Waals surface area contributed by atoms with E-state index in [9.17, 15) is 0 Å². The van der Waals surface area contributed by atoms with Crippen LogP contribution in [0, 0.1) is 0 Å². The minimum absolute atomic E-state index is 0.637. The molecule has 54 heavy (non-hydrogen) atoms. The smallest absolute Gasteiger partial charge is 0.164 e. The van der Waals surface area contributed by atoms with Crippen molar-refractivity contribution in [3.05, 3.63) is 182 Å². The average molecular weight is 707 g/mol. The average Bonchev–Trinajstić information content (AvgIpc) is 3.78. The Morgan fingerprint density at radius 2 is 0.981 bits per heavy atom. The maximum atomic E-state index is 5.33. The molecule has 0 saturated heterocycles. The van der Waals surface area contributed by atoms with E-state index in [1.54, 1.807) is 0 Å². The molecule has 8 aromatic carbocycles. The quantitative estimate of drug-likeness (QED) is 0.179. The zero-order valence-corrected chi connectivity index (χ0v) is 29.8. The molecule has 4 nitrogen and oxygen atoms in total. The van der Waals surface area contributed by atoms with Crippen LogP contribution in [0.4, 0.5) is 0 Å². The van der Waals surface area contributed by atoms with E-state index in [1.165, 1.54) is 41.8 Å². The maximum Gasteiger partial charge on any atom is 0.164 e. The minimum Gasteiger partial charge on any atom is -0.309 e. The Balaban J connectivity index is 1.21. The van der Waals surface area contributed by atoms with Gasteiger partial charge < -0.3 is 4.57 Å². The summed E-state index contributed by atoms with van der Waals surface area (Å²) in [5.74, 6) is 1.92. The van der Waals surface area contributed by atoms with E-state index in [-0.39, 0.29) is 0 Å². The first-order valence-corrected chi connectivity index (χ1v) is 18.9. The summed E-state index contributed by atoms with van der Waals surface area (Å²) in [6, 6.07) is 64.4. The standard InChI is InChI=1S/C49H30N4S/c1-3-14-31(15-4-1)33-20-13-21-36(26-33)48-50-47(32-16-5-2-6-17-32)51-49(52-48)41-29-37(30-45-46(41)39-23-10-12-25-44(39)54-45)53-42-24-11-9-22-38(42)40-27-34-18-7-8-19-35(34)28-43(40)53/h1-30H. The van der Waals surface area contributed by atoms with Gasteiger partial charge in [-0.05, 0) is 64.4 Å². The zero-order valence-electron chi connectivity index (χ0n) is 29.0. The molecule has 0 spiro atoms. The van der Waals surface area contributed by atoms with Gasteiger partial charge in [0.25, 0.3) is 0 Å². The number of benzene rings is 8. The summed E-state index contributed by atoms with van der Waals surface area (Å²) in [6.07, 6.45) is 0. The number of hydrogen-bond acceptors (Lipinski definition) is 4. The van der Waals surface area contributed by atoms with Crippen LogP contribution in [0.15, 0.2) is 182 Å². The predicted molar refractivity (Wildman–Crippen MR) is 226 cm³/mol. The van der Waals surface area contributed by atoms with Crippen molar-refractivity contribution in [3.63, 3.8) is 0 Å². The number of hydrogen-bond donors (Lipinski definition) is 0. The molecule has 0 aliphatic rings. The highest BCUT2D eigenvalue weighted by molar-refractivity contribution is 7.26. The monoisotopic (exact) mass is 706 g/mol. The number of nitrogens with zero attached hydrogens (tertiary/aromatic N) is 4. The normalized spacial score (nSPS) is 11.7. The molecule has 0 amide bonds. The van der Waals surface area contributed by atoms with Gasteiger partial charge in [-0.2, -0.15) is 0 Å². The van der Waals surface area contributed by atoms with Gasteiger partial charge in [-0.15, -0.1) is 11.3 Å². The first kappa shape index (κ1) is 30.7. The highest BCUT2D eigenvalue weighted by atomic mass is 32.1. The highest BCUT2D eigenvalue weighted by Gasteiger charge is 2.21. The van der Waals surface area contributed by atoms with Crippen LogP contribution < -0.4 is 0 Å². The van der Waals surface area contributed by atoms with Crippen LogP contribution in [0.2, 0.25) is 0 Å². The lowest BCUT2D eigenvalue weighted by molar-refractivity contribution is 1.07. The fourth-order valence-electron chi connectivity index (χ4n) is 7.89. The fourth-order valence-corrected chi connectivity index (χ4v) is 9.05. The largest absolute Gasteiger partial charge is 0.309 e. The molecule has 11 aromatic rings. The molecule has 0 unspecified atom stereocenters. The van der Waals surface area contributed by atoms with Gasteiger partial charge in [-0.1, -0.05) is 140 Å². The first-order chi connectivity index (χ1) is 26.7. The van der Waals surface area contributed by atoms with Crippen molar-refractivity contribution in [2.24, 2.45) is 0 Å². The van der Waals surface area contributed by atoms with Crippen molar-refractivity contribution in [2.75, 3.05) is 0 Å². The van der Waals surface area contributed by atoms with E-state index in [0.29, 0.717) is 17.5 Å². The van der Waals surface area contributed by atoms with E-state index < -0.39 is 0 Å². The second-order valence-corrected chi connectivity index (χ2v) is 14.7. The lowest BCUT2D eigenvalue weighted by Crippen LogP contribution is -2.02. The number of para-hydroxylation sites is 1. The Kier molecular flexibility index (Phi) is 7.00. The Hall–Kier alpha value is -6.95. The Labute approximate surface area is 315 Å².